The summed E-state index contributed by atoms with van der Waals surface area (Å²) in [6.45, 7) is 9.30. The summed E-state index contributed by atoms with van der Waals surface area (Å²) in [6, 6.07) is 4.28. The highest BCUT2D eigenvalue weighted by atomic mass is 79.9. The van der Waals surface area contributed by atoms with E-state index >= 15 is 0 Å². The predicted molar refractivity (Wildman–Crippen MR) is 87.1 cm³/mol. The van der Waals surface area contributed by atoms with Gasteiger partial charge in [0, 0.05) is 11.9 Å². The molecule has 2 rings (SSSR count). The minimum absolute atomic E-state index is 0.247. The number of aryl methyl sites for hydroxylation is 1. The van der Waals surface area contributed by atoms with Gasteiger partial charge >= 0.3 is 5.76 Å². The number of oxazole rings is 1. The van der Waals surface area contributed by atoms with Gasteiger partial charge in [0.25, 0.3) is 0 Å². The van der Waals surface area contributed by atoms with E-state index in [1.54, 1.807) is 4.57 Å². The maximum absolute atomic E-state index is 12.1. The van der Waals surface area contributed by atoms with Crippen molar-refractivity contribution in [3.05, 3.63) is 33.8 Å². The molecular weight excluding hydrogens is 318 g/mol. The maximum atomic E-state index is 12.1. The number of nitrogens with zero attached hydrogens (tertiary/aromatic N) is 1. The molecule has 1 aromatic carbocycles. The molecule has 1 heterocycles. The third-order valence-electron chi connectivity index (χ3n) is 3.62. The normalized spacial score (nSPS) is 11.9. The third kappa shape index (κ3) is 2.85. The predicted octanol–water partition coefficient (Wildman–Crippen LogP) is 4.63. The molecule has 110 valence electrons. The van der Waals surface area contributed by atoms with Crippen LogP contribution >= 0.6 is 15.9 Å². The van der Waals surface area contributed by atoms with Crippen molar-refractivity contribution in [2.24, 2.45) is 0 Å². The summed E-state index contributed by atoms with van der Waals surface area (Å²) in [6.07, 6.45) is 0.914. The Kier molecular flexibility index (Phi) is 4.74. The summed E-state index contributed by atoms with van der Waals surface area (Å²) in [7, 11) is 0. The largest absolute Gasteiger partial charge is 0.419 e. The van der Waals surface area contributed by atoms with Crippen molar-refractivity contribution >= 4 is 27.0 Å². The second-order valence-electron chi connectivity index (χ2n) is 5.83. The van der Waals surface area contributed by atoms with E-state index in [-0.39, 0.29) is 5.76 Å². The topological polar surface area (TPSA) is 35.1 Å². The fourth-order valence-electron chi connectivity index (χ4n) is 2.40. The van der Waals surface area contributed by atoms with Crippen LogP contribution in [0.3, 0.4) is 0 Å². The van der Waals surface area contributed by atoms with Crippen LogP contribution in [0.25, 0.3) is 11.1 Å². The third-order valence-corrected chi connectivity index (χ3v) is 4.19. The van der Waals surface area contributed by atoms with Gasteiger partial charge in [-0.05, 0) is 35.4 Å². The molecule has 3 nitrogen and oxygen atoms in total. The summed E-state index contributed by atoms with van der Waals surface area (Å²) < 4.78 is 7.27. The minimum atomic E-state index is -0.247. The monoisotopic (exact) mass is 339 g/mol. The van der Waals surface area contributed by atoms with Gasteiger partial charge in [-0.25, -0.2) is 4.79 Å². The van der Waals surface area contributed by atoms with E-state index in [1.807, 2.05) is 0 Å². The number of hydrogen-bond donors (Lipinski definition) is 0. The minimum Gasteiger partial charge on any atom is -0.407 e. The van der Waals surface area contributed by atoms with E-state index in [0.717, 1.165) is 28.4 Å². The Hall–Kier alpha value is -1.03. The maximum Gasteiger partial charge on any atom is 0.419 e. The van der Waals surface area contributed by atoms with Crippen LogP contribution in [0.4, 0.5) is 0 Å². The highest BCUT2D eigenvalue weighted by Crippen LogP contribution is 2.29. The zero-order chi connectivity index (χ0) is 14.9. The number of rotatable bonds is 5. The second kappa shape index (κ2) is 6.17. The molecule has 0 saturated heterocycles. The van der Waals surface area contributed by atoms with Gasteiger partial charge in [-0.2, -0.15) is 0 Å². The zero-order valence-electron chi connectivity index (χ0n) is 12.6. The van der Waals surface area contributed by atoms with Gasteiger partial charge in [-0.3, -0.25) is 4.57 Å². The van der Waals surface area contributed by atoms with Crippen molar-refractivity contribution in [1.29, 1.82) is 0 Å². The quantitative estimate of drug-likeness (QED) is 0.744. The van der Waals surface area contributed by atoms with Crippen LogP contribution in [0.15, 0.2) is 21.3 Å². The van der Waals surface area contributed by atoms with Crippen LogP contribution in [0, 0.1) is 0 Å². The summed E-state index contributed by atoms with van der Waals surface area (Å²) >= 11 is 3.41. The molecule has 0 unspecified atom stereocenters. The standard InChI is InChI=1S/C16H22BrNO2/c1-10(2)12-8-13(11(3)4)15-14(9-12)18(7-5-6-17)16(19)20-15/h8-11H,5-7H2,1-4H3. The first kappa shape index (κ1) is 15.4. The van der Waals surface area contributed by atoms with Gasteiger partial charge in [-0.1, -0.05) is 49.7 Å². The van der Waals surface area contributed by atoms with Crippen LogP contribution in [-0.4, -0.2) is 9.90 Å². The molecule has 4 heteroatoms. The van der Waals surface area contributed by atoms with Crippen molar-refractivity contribution in [2.45, 2.75) is 52.5 Å². The molecule has 1 aromatic heterocycles. The number of benzene rings is 1. The fourth-order valence-corrected chi connectivity index (χ4v) is 2.65. The van der Waals surface area contributed by atoms with Gasteiger partial charge in [0.2, 0.25) is 0 Å². The van der Waals surface area contributed by atoms with E-state index in [0.29, 0.717) is 18.4 Å². The molecule has 0 spiro atoms. The Labute approximate surface area is 128 Å². The Balaban J connectivity index is 2.70. The molecule has 0 atom stereocenters. The average molecular weight is 340 g/mol. The molecular formula is C16H22BrNO2. The van der Waals surface area contributed by atoms with Crippen molar-refractivity contribution in [1.82, 2.24) is 4.57 Å². The second-order valence-corrected chi connectivity index (χ2v) is 6.62. The summed E-state index contributed by atoms with van der Waals surface area (Å²) in [5.74, 6) is 0.529. The number of halogens is 1. The van der Waals surface area contributed by atoms with E-state index < -0.39 is 0 Å². The molecule has 0 saturated carbocycles. The lowest BCUT2D eigenvalue weighted by Crippen LogP contribution is -2.14. The van der Waals surface area contributed by atoms with Crippen LogP contribution in [0.5, 0.6) is 0 Å². The molecule has 0 aliphatic rings. The molecule has 2 aromatic rings. The van der Waals surface area contributed by atoms with Gasteiger partial charge in [0.15, 0.2) is 5.58 Å². The van der Waals surface area contributed by atoms with Crippen LogP contribution in [0.1, 0.15) is 57.1 Å². The molecule has 0 aliphatic carbocycles. The lowest BCUT2D eigenvalue weighted by atomic mass is 9.94. The smallest absolute Gasteiger partial charge is 0.407 e. The highest BCUT2D eigenvalue weighted by molar-refractivity contribution is 9.09. The Morgan fingerprint density at radius 2 is 1.90 bits per heavy atom. The summed E-state index contributed by atoms with van der Waals surface area (Å²) in [5, 5.41) is 0.882. The van der Waals surface area contributed by atoms with E-state index in [9.17, 15) is 4.79 Å². The Bertz CT molecular complexity index is 652. The van der Waals surface area contributed by atoms with Crippen LogP contribution in [-0.2, 0) is 6.54 Å². The molecule has 0 aliphatic heterocycles. The molecule has 0 bridgehead atoms. The zero-order valence-corrected chi connectivity index (χ0v) is 14.2. The van der Waals surface area contributed by atoms with Gasteiger partial charge < -0.3 is 4.42 Å². The Morgan fingerprint density at radius 1 is 1.20 bits per heavy atom. The number of aromatic nitrogens is 1. The molecule has 0 N–H and O–H groups in total. The van der Waals surface area contributed by atoms with Gasteiger partial charge in [-0.15, -0.1) is 0 Å². The van der Waals surface area contributed by atoms with Crippen molar-refractivity contribution in [2.75, 3.05) is 5.33 Å². The number of hydrogen-bond acceptors (Lipinski definition) is 2. The molecule has 20 heavy (non-hydrogen) atoms. The van der Waals surface area contributed by atoms with Crippen LogP contribution < -0.4 is 5.76 Å². The number of alkyl halides is 1. The van der Waals surface area contributed by atoms with Gasteiger partial charge in [0.05, 0.1) is 5.52 Å². The van der Waals surface area contributed by atoms with Crippen molar-refractivity contribution < 1.29 is 4.42 Å². The van der Waals surface area contributed by atoms with Gasteiger partial charge in [0.1, 0.15) is 0 Å². The first-order valence-corrected chi connectivity index (χ1v) is 8.31. The first-order valence-electron chi connectivity index (χ1n) is 7.18. The van der Waals surface area contributed by atoms with E-state index in [1.165, 1.54) is 5.56 Å². The van der Waals surface area contributed by atoms with Crippen LogP contribution in [0.2, 0.25) is 0 Å². The number of fused-ring (bicyclic) bond motifs is 1. The fraction of sp³-hybridized carbons (Fsp3) is 0.562. The van der Waals surface area contributed by atoms with Crippen molar-refractivity contribution in [3.63, 3.8) is 0 Å². The first-order chi connectivity index (χ1) is 9.45. The lowest BCUT2D eigenvalue weighted by Gasteiger charge is -2.12. The summed E-state index contributed by atoms with van der Waals surface area (Å²) in [5.41, 5.74) is 4.07. The van der Waals surface area contributed by atoms with E-state index in [4.69, 9.17) is 4.42 Å². The lowest BCUT2D eigenvalue weighted by molar-refractivity contribution is 0.500. The average Bonchev–Trinajstić information content (AvgIpc) is 2.70. The molecule has 0 amide bonds. The Morgan fingerprint density at radius 3 is 2.45 bits per heavy atom. The summed E-state index contributed by atoms with van der Waals surface area (Å²) in [4.78, 5) is 12.1. The highest BCUT2D eigenvalue weighted by Gasteiger charge is 2.17. The van der Waals surface area contributed by atoms with Crippen molar-refractivity contribution in [3.8, 4) is 0 Å². The molecule has 0 radical (unpaired) electrons. The SMILES string of the molecule is CC(C)c1cc(C(C)C)c2oc(=O)n(CCCBr)c2c1. The molecule has 0 fully saturated rings. The van der Waals surface area contributed by atoms with E-state index in [2.05, 4.69) is 55.8 Å².